The van der Waals surface area contributed by atoms with E-state index in [1.165, 1.54) is 0 Å². The number of carboxylic acids is 1. The third kappa shape index (κ3) is 3.97. The summed E-state index contributed by atoms with van der Waals surface area (Å²) in [5.41, 5.74) is 0. The van der Waals surface area contributed by atoms with Gasteiger partial charge in [-0.1, -0.05) is 11.8 Å². The van der Waals surface area contributed by atoms with Crippen LogP contribution in [0, 0.1) is 0 Å². The summed E-state index contributed by atoms with van der Waals surface area (Å²) in [4.78, 5) is 10.6. The van der Waals surface area contributed by atoms with Crippen LogP contribution in [0.3, 0.4) is 0 Å². The van der Waals surface area contributed by atoms with Crippen LogP contribution in [0.15, 0.2) is 5.16 Å². The molecule has 2 N–H and O–H groups in total. The molecule has 1 heterocycles. The van der Waals surface area contributed by atoms with E-state index in [4.69, 9.17) is 9.84 Å². The third-order valence-corrected chi connectivity index (χ3v) is 3.31. The van der Waals surface area contributed by atoms with Crippen molar-refractivity contribution in [2.75, 3.05) is 19.5 Å². The minimum atomic E-state index is -0.912. The lowest BCUT2D eigenvalue weighted by atomic mass is 10.2. The van der Waals surface area contributed by atoms with E-state index in [2.05, 4.69) is 10.2 Å². The first kappa shape index (κ1) is 14.9. The predicted octanol–water partition coefficient (Wildman–Crippen LogP) is 0.545. The number of aromatic nitrogens is 3. The SMILES string of the molecule is COCCC(C)n1c(CO)nnc1SCC(=O)O. The summed E-state index contributed by atoms with van der Waals surface area (Å²) in [5, 5.41) is 26.1. The summed E-state index contributed by atoms with van der Waals surface area (Å²) >= 11 is 1.09. The molecule has 102 valence electrons. The van der Waals surface area contributed by atoms with E-state index in [9.17, 15) is 9.90 Å². The molecule has 0 saturated heterocycles. The lowest BCUT2D eigenvalue weighted by Crippen LogP contribution is -2.13. The number of carbonyl (C=O) groups is 1. The number of methoxy groups -OCH3 is 1. The number of aliphatic carboxylic acids is 1. The highest BCUT2D eigenvalue weighted by atomic mass is 32.2. The highest BCUT2D eigenvalue weighted by molar-refractivity contribution is 7.99. The van der Waals surface area contributed by atoms with E-state index < -0.39 is 5.97 Å². The normalized spacial score (nSPS) is 12.6. The Kier molecular flexibility index (Phi) is 6.10. The smallest absolute Gasteiger partial charge is 0.313 e. The van der Waals surface area contributed by atoms with Crippen LogP contribution in [0.25, 0.3) is 0 Å². The Morgan fingerprint density at radius 3 is 2.83 bits per heavy atom. The highest BCUT2D eigenvalue weighted by Crippen LogP contribution is 2.23. The van der Waals surface area contributed by atoms with Crippen molar-refractivity contribution < 1.29 is 19.7 Å². The van der Waals surface area contributed by atoms with Crippen molar-refractivity contribution in [2.24, 2.45) is 0 Å². The molecule has 18 heavy (non-hydrogen) atoms. The van der Waals surface area contributed by atoms with Crippen molar-refractivity contribution in [2.45, 2.75) is 31.1 Å². The number of rotatable bonds is 8. The minimum Gasteiger partial charge on any atom is -0.481 e. The number of aliphatic hydroxyl groups is 1. The maximum Gasteiger partial charge on any atom is 0.313 e. The van der Waals surface area contributed by atoms with E-state index in [1.807, 2.05) is 6.92 Å². The van der Waals surface area contributed by atoms with E-state index >= 15 is 0 Å². The van der Waals surface area contributed by atoms with Gasteiger partial charge in [0, 0.05) is 19.8 Å². The molecule has 0 saturated carbocycles. The molecule has 0 bridgehead atoms. The van der Waals surface area contributed by atoms with Crippen LogP contribution < -0.4 is 0 Å². The fourth-order valence-electron chi connectivity index (χ4n) is 1.50. The van der Waals surface area contributed by atoms with E-state index in [1.54, 1.807) is 11.7 Å². The summed E-state index contributed by atoms with van der Waals surface area (Å²) < 4.78 is 6.76. The van der Waals surface area contributed by atoms with Gasteiger partial charge in [0.15, 0.2) is 11.0 Å². The van der Waals surface area contributed by atoms with Gasteiger partial charge in [0.2, 0.25) is 0 Å². The molecule has 0 aliphatic heterocycles. The predicted molar refractivity (Wildman–Crippen MR) is 65.5 cm³/mol. The molecule has 1 aromatic rings. The Bertz CT molecular complexity index is 396. The van der Waals surface area contributed by atoms with Crippen LogP contribution in [-0.4, -0.2) is 50.4 Å². The monoisotopic (exact) mass is 275 g/mol. The molecule has 8 heteroatoms. The van der Waals surface area contributed by atoms with Gasteiger partial charge < -0.3 is 19.5 Å². The molecule has 0 aliphatic rings. The van der Waals surface area contributed by atoms with Gasteiger partial charge in [-0.15, -0.1) is 10.2 Å². The molecule has 1 rings (SSSR count). The molecule has 7 nitrogen and oxygen atoms in total. The summed E-state index contributed by atoms with van der Waals surface area (Å²) in [7, 11) is 1.62. The lowest BCUT2D eigenvalue weighted by Gasteiger charge is -2.16. The Morgan fingerprint density at radius 1 is 1.56 bits per heavy atom. The first-order valence-corrected chi connectivity index (χ1v) is 6.46. The molecule has 1 unspecified atom stereocenters. The molecule has 0 spiro atoms. The van der Waals surface area contributed by atoms with E-state index in [0.29, 0.717) is 17.6 Å². The second-order valence-corrected chi connectivity index (χ2v) is 4.68. The molecule has 0 fully saturated rings. The second-order valence-electron chi connectivity index (χ2n) is 3.74. The van der Waals surface area contributed by atoms with Gasteiger partial charge in [-0.3, -0.25) is 4.79 Å². The molecule has 1 atom stereocenters. The fraction of sp³-hybridized carbons (Fsp3) is 0.700. The summed E-state index contributed by atoms with van der Waals surface area (Å²) in [6.07, 6.45) is 0.738. The maximum atomic E-state index is 10.6. The summed E-state index contributed by atoms with van der Waals surface area (Å²) in [6, 6.07) is 0.0402. The number of aliphatic hydroxyl groups excluding tert-OH is 1. The first-order chi connectivity index (χ1) is 8.60. The van der Waals surface area contributed by atoms with Crippen molar-refractivity contribution in [3.63, 3.8) is 0 Å². The molecule has 0 amide bonds. The average molecular weight is 275 g/mol. The van der Waals surface area contributed by atoms with Gasteiger partial charge >= 0.3 is 5.97 Å². The van der Waals surface area contributed by atoms with Crippen molar-refractivity contribution >= 4 is 17.7 Å². The van der Waals surface area contributed by atoms with Gasteiger partial charge in [0.25, 0.3) is 0 Å². The van der Waals surface area contributed by atoms with Crippen LogP contribution in [-0.2, 0) is 16.1 Å². The lowest BCUT2D eigenvalue weighted by molar-refractivity contribution is -0.133. The molecular weight excluding hydrogens is 258 g/mol. The third-order valence-electron chi connectivity index (χ3n) is 2.38. The molecule has 1 aromatic heterocycles. The minimum absolute atomic E-state index is 0.0402. The Balaban J connectivity index is 2.83. The van der Waals surface area contributed by atoms with Gasteiger partial charge in [0.05, 0.1) is 5.75 Å². The van der Waals surface area contributed by atoms with Crippen molar-refractivity contribution in [3.05, 3.63) is 5.82 Å². The largest absolute Gasteiger partial charge is 0.481 e. The van der Waals surface area contributed by atoms with E-state index in [-0.39, 0.29) is 18.4 Å². The summed E-state index contributed by atoms with van der Waals surface area (Å²) in [6.45, 7) is 2.30. The van der Waals surface area contributed by atoms with Gasteiger partial charge in [-0.25, -0.2) is 0 Å². The molecule has 0 aromatic carbocycles. The summed E-state index contributed by atoms with van der Waals surface area (Å²) in [5.74, 6) is -0.559. The number of ether oxygens (including phenoxy) is 1. The quantitative estimate of drug-likeness (QED) is 0.668. The Labute approximate surface area is 109 Å². The van der Waals surface area contributed by atoms with Gasteiger partial charge in [-0.05, 0) is 13.3 Å². The van der Waals surface area contributed by atoms with Crippen molar-refractivity contribution in [1.29, 1.82) is 0 Å². The second kappa shape index (κ2) is 7.34. The van der Waals surface area contributed by atoms with Gasteiger partial charge in [-0.2, -0.15) is 0 Å². The van der Waals surface area contributed by atoms with Crippen LogP contribution >= 0.6 is 11.8 Å². The van der Waals surface area contributed by atoms with Crippen LogP contribution in [0.1, 0.15) is 25.2 Å². The Hall–Kier alpha value is -1.12. The standard InChI is InChI=1S/C10H17N3O4S/c1-7(3-4-17-2)13-8(5-14)11-12-10(13)18-6-9(15)16/h7,14H,3-6H2,1-2H3,(H,15,16). The zero-order valence-corrected chi connectivity index (χ0v) is 11.2. The van der Waals surface area contributed by atoms with Crippen LogP contribution in [0.4, 0.5) is 0 Å². The average Bonchev–Trinajstić information content (AvgIpc) is 2.76. The molecular formula is C10H17N3O4S. The van der Waals surface area contributed by atoms with Crippen molar-refractivity contribution in [1.82, 2.24) is 14.8 Å². The van der Waals surface area contributed by atoms with E-state index in [0.717, 1.165) is 18.2 Å². The number of carboxylic acid groups (broad SMARTS) is 1. The topological polar surface area (TPSA) is 97.5 Å². The fourth-order valence-corrected chi connectivity index (χ4v) is 2.28. The number of nitrogens with zero attached hydrogens (tertiary/aromatic N) is 3. The number of hydrogen-bond acceptors (Lipinski definition) is 6. The van der Waals surface area contributed by atoms with Crippen LogP contribution in [0.2, 0.25) is 0 Å². The Morgan fingerprint density at radius 2 is 2.28 bits per heavy atom. The maximum absolute atomic E-state index is 10.6. The molecule has 0 aliphatic carbocycles. The van der Waals surface area contributed by atoms with Gasteiger partial charge in [0.1, 0.15) is 6.61 Å². The first-order valence-electron chi connectivity index (χ1n) is 5.48. The number of thioether (sulfide) groups is 1. The van der Waals surface area contributed by atoms with Crippen molar-refractivity contribution in [3.8, 4) is 0 Å². The van der Waals surface area contributed by atoms with Crippen LogP contribution in [0.5, 0.6) is 0 Å². The number of hydrogen-bond donors (Lipinski definition) is 2. The zero-order valence-electron chi connectivity index (χ0n) is 10.4. The highest BCUT2D eigenvalue weighted by Gasteiger charge is 2.17. The molecule has 0 radical (unpaired) electrons. The zero-order chi connectivity index (χ0) is 13.5.